The Balaban J connectivity index is 1.85. The zero-order chi connectivity index (χ0) is 15.4. The van der Waals surface area contributed by atoms with E-state index in [4.69, 9.17) is 23.2 Å². The number of aliphatic hydroxyl groups is 1. The number of aromatic nitrogens is 2. The molecule has 1 heterocycles. The number of imidazole rings is 1. The molecule has 0 saturated heterocycles. The highest BCUT2D eigenvalue weighted by Crippen LogP contribution is 2.26. The largest absolute Gasteiger partial charge is 0.388 e. The smallest absolute Gasteiger partial charge is 0.271 e. The average molecular weight is 328 g/mol. The Labute approximate surface area is 132 Å². The molecule has 5 nitrogen and oxygen atoms in total. The molecule has 0 bridgehead atoms. The Morgan fingerprint density at radius 2 is 2.19 bits per heavy atom. The SMILES string of the molecule is Cn1cnc(C(=O)NCC[C@H](O)c2ccc(Cl)c(Cl)c2)c1. The number of nitrogens with one attached hydrogen (secondary N) is 1. The first-order valence-corrected chi connectivity index (χ1v) is 7.12. The number of aliphatic hydroxyl groups excluding tert-OH is 1. The summed E-state index contributed by atoms with van der Waals surface area (Å²) in [5, 5.41) is 13.6. The number of carbonyl (C=O) groups excluding carboxylic acids is 1. The van der Waals surface area contributed by atoms with Gasteiger partial charge < -0.3 is 15.0 Å². The van der Waals surface area contributed by atoms with Crippen molar-refractivity contribution in [2.45, 2.75) is 12.5 Å². The van der Waals surface area contributed by atoms with Crippen molar-refractivity contribution < 1.29 is 9.90 Å². The Kier molecular flexibility index (Phi) is 5.22. The lowest BCUT2D eigenvalue weighted by Gasteiger charge is -2.12. The molecule has 1 atom stereocenters. The summed E-state index contributed by atoms with van der Waals surface area (Å²) >= 11 is 11.7. The number of amides is 1. The van der Waals surface area contributed by atoms with Gasteiger partial charge in [0.1, 0.15) is 5.69 Å². The number of rotatable bonds is 5. The molecule has 112 valence electrons. The van der Waals surface area contributed by atoms with Gasteiger partial charge in [-0.15, -0.1) is 0 Å². The summed E-state index contributed by atoms with van der Waals surface area (Å²) in [4.78, 5) is 15.7. The van der Waals surface area contributed by atoms with Gasteiger partial charge >= 0.3 is 0 Å². The molecule has 21 heavy (non-hydrogen) atoms. The van der Waals surface area contributed by atoms with E-state index in [1.807, 2.05) is 0 Å². The predicted octanol–water partition coefficient (Wildman–Crippen LogP) is 2.58. The second kappa shape index (κ2) is 6.93. The van der Waals surface area contributed by atoms with Gasteiger partial charge in [0, 0.05) is 19.8 Å². The topological polar surface area (TPSA) is 67.2 Å². The number of aryl methyl sites for hydroxylation is 1. The van der Waals surface area contributed by atoms with Gasteiger partial charge in [-0.05, 0) is 24.1 Å². The van der Waals surface area contributed by atoms with Gasteiger partial charge in [0.25, 0.3) is 5.91 Å². The van der Waals surface area contributed by atoms with Crippen LogP contribution in [0, 0.1) is 0 Å². The van der Waals surface area contributed by atoms with Crippen LogP contribution in [0.2, 0.25) is 10.0 Å². The quantitative estimate of drug-likeness (QED) is 0.886. The van der Waals surface area contributed by atoms with E-state index in [1.54, 1.807) is 42.3 Å². The van der Waals surface area contributed by atoms with Gasteiger partial charge in [-0.2, -0.15) is 0 Å². The normalized spacial score (nSPS) is 12.2. The van der Waals surface area contributed by atoms with Gasteiger partial charge in [-0.1, -0.05) is 29.3 Å². The predicted molar refractivity (Wildman–Crippen MR) is 81.6 cm³/mol. The van der Waals surface area contributed by atoms with Crippen molar-refractivity contribution in [2.24, 2.45) is 7.05 Å². The summed E-state index contributed by atoms with van der Waals surface area (Å²) < 4.78 is 1.69. The molecule has 2 N–H and O–H groups in total. The summed E-state index contributed by atoms with van der Waals surface area (Å²) in [6.07, 6.45) is 2.84. The number of hydrogen-bond donors (Lipinski definition) is 2. The molecule has 0 aliphatic carbocycles. The van der Waals surface area contributed by atoms with Gasteiger partial charge in [0.2, 0.25) is 0 Å². The molecule has 0 saturated carbocycles. The lowest BCUT2D eigenvalue weighted by Crippen LogP contribution is -2.26. The van der Waals surface area contributed by atoms with Crippen LogP contribution in [-0.2, 0) is 7.05 Å². The summed E-state index contributed by atoms with van der Waals surface area (Å²) in [6.45, 7) is 0.330. The van der Waals surface area contributed by atoms with Crippen LogP contribution >= 0.6 is 23.2 Å². The van der Waals surface area contributed by atoms with Crippen molar-refractivity contribution in [3.63, 3.8) is 0 Å². The summed E-state index contributed by atoms with van der Waals surface area (Å²) in [5.41, 5.74) is 1.01. The van der Waals surface area contributed by atoms with E-state index in [0.717, 1.165) is 0 Å². The number of nitrogens with zero attached hydrogens (tertiary/aromatic N) is 2. The molecule has 7 heteroatoms. The van der Waals surface area contributed by atoms with Gasteiger partial charge in [0.05, 0.1) is 22.5 Å². The van der Waals surface area contributed by atoms with E-state index in [-0.39, 0.29) is 5.91 Å². The molecule has 0 spiro atoms. The molecule has 2 rings (SSSR count). The first-order chi connectivity index (χ1) is 9.97. The maximum atomic E-state index is 11.8. The minimum Gasteiger partial charge on any atom is -0.388 e. The van der Waals surface area contributed by atoms with Crippen LogP contribution in [0.3, 0.4) is 0 Å². The van der Waals surface area contributed by atoms with Crippen molar-refractivity contribution in [3.8, 4) is 0 Å². The fraction of sp³-hybridized carbons (Fsp3) is 0.286. The van der Waals surface area contributed by atoms with Gasteiger partial charge in [0.15, 0.2) is 0 Å². The van der Waals surface area contributed by atoms with Crippen LogP contribution in [0.5, 0.6) is 0 Å². The first-order valence-electron chi connectivity index (χ1n) is 6.36. The molecule has 1 aromatic heterocycles. The highest BCUT2D eigenvalue weighted by molar-refractivity contribution is 6.42. The zero-order valence-corrected chi connectivity index (χ0v) is 12.9. The number of halogens is 2. The van der Waals surface area contributed by atoms with E-state index in [9.17, 15) is 9.90 Å². The lowest BCUT2D eigenvalue weighted by molar-refractivity contribution is 0.0938. The van der Waals surface area contributed by atoms with Gasteiger partial charge in [-0.3, -0.25) is 4.79 Å². The monoisotopic (exact) mass is 327 g/mol. The minimum atomic E-state index is -0.719. The van der Waals surface area contributed by atoms with E-state index >= 15 is 0 Å². The average Bonchev–Trinajstić information content (AvgIpc) is 2.88. The molecular formula is C14H15Cl2N3O2. The van der Waals surface area contributed by atoms with Crippen molar-refractivity contribution in [2.75, 3.05) is 6.54 Å². The third kappa shape index (κ3) is 4.20. The van der Waals surface area contributed by atoms with Crippen LogP contribution in [0.1, 0.15) is 28.6 Å². The molecule has 2 aromatic rings. The number of carbonyl (C=O) groups is 1. The van der Waals surface area contributed by atoms with Crippen molar-refractivity contribution in [1.29, 1.82) is 0 Å². The molecule has 0 aliphatic rings. The van der Waals surface area contributed by atoms with Crippen LogP contribution in [0.25, 0.3) is 0 Å². The molecule has 1 aromatic carbocycles. The summed E-state index contributed by atoms with van der Waals surface area (Å²) in [7, 11) is 1.79. The minimum absolute atomic E-state index is 0.267. The summed E-state index contributed by atoms with van der Waals surface area (Å²) in [5.74, 6) is -0.267. The van der Waals surface area contributed by atoms with Crippen molar-refractivity contribution in [3.05, 3.63) is 52.0 Å². The maximum Gasteiger partial charge on any atom is 0.271 e. The number of benzene rings is 1. The van der Waals surface area contributed by atoms with Gasteiger partial charge in [-0.25, -0.2) is 4.98 Å². The second-order valence-electron chi connectivity index (χ2n) is 4.66. The van der Waals surface area contributed by atoms with Crippen LogP contribution in [0.15, 0.2) is 30.7 Å². The second-order valence-corrected chi connectivity index (χ2v) is 5.47. The Morgan fingerprint density at radius 1 is 1.43 bits per heavy atom. The number of hydrogen-bond acceptors (Lipinski definition) is 3. The van der Waals surface area contributed by atoms with Crippen molar-refractivity contribution in [1.82, 2.24) is 14.9 Å². The molecule has 1 amide bonds. The highest BCUT2D eigenvalue weighted by Gasteiger charge is 2.12. The lowest BCUT2D eigenvalue weighted by atomic mass is 10.1. The Hall–Kier alpha value is -1.56. The van der Waals surface area contributed by atoms with Crippen LogP contribution < -0.4 is 5.32 Å². The van der Waals surface area contributed by atoms with E-state index in [1.165, 1.54) is 0 Å². The molecule has 0 fully saturated rings. The Bertz CT molecular complexity index is 643. The Morgan fingerprint density at radius 3 is 2.81 bits per heavy atom. The van der Waals surface area contributed by atoms with E-state index in [0.29, 0.717) is 34.3 Å². The standard InChI is InChI=1S/C14H15Cl2N3O2/c1-19-7-12(18-8-19)14(21)17-5-4-13(20)9-2-3-10(15)11(16)6-9/h2-3,6-8,13,20H,4-5H2,1H3,(H,17,21)/t13-/m0/s1. The molecule has 0 unspecified atom stereocenters. The van der Waals surface area contributed by atoms with E-state index < -0.39 is 6.10 Å². The summed E-state index contributed by atoms with van der Waals surface area (Å²) in [6, 6.07) is 4.96. The van der Waals surface area contributed by atoms with Crippen LogP contribution in [-0.4, -0.2) is 27.1 Å². The first kappa shape index (κ1) is 15.8. The zero-order valence-electron chi connectivity index (χ0n) is 11.4. The third-order valence-electron chi connectivity index (χ3n) is 2.97. The van der Waals surface area contributed by atoms with E-state index in [2.05, 4.69) is 10.3 Å². The fourth-order valence-corrected chi connectivity index (χ4v) is 2.14. The fourth-order valence-electron chi connectivity index (χ4n) is 1.83. The molecule has 0 radical (unpaired) electrons. The third-order valence-corrected chi connectivity index (χ3v) is 3.71. The molecular weight excluding hydrogens is 313 g/mol. The van der Waals surface area contributed by atoms with Crippen molar-refractivity contribution >= 4 is 29.1 Å². The molecule has 0 aliphatic heterocycles. The van der Waals surface area contributed by atoms with Crippen LogP contribution in [0.4, 0.5) is 0 Å². The highest BCUT2D eigenvalue weighted by atomic mass is 35.5. The maximum absolute atomic E-state index is 11.8.